The van der Waals surface area contributed by atoms with Gasteiger partial charge in [0, 0.05) is 10.0 Å². The molecule has 0 unspecified atom stereocenters. The van der Waals surface area contributed by atoms with Crippen LogP contribution in [0.2, 0.25) is 10.0 Å². The highest BCUT2D eigenvalue weighted by Gasteiger charge is 2.23. The van der Waals surface area contributed by atoms with Crippen molar-refractivity contribution in [2.24, 2.45) is 4.99 Å². The number of hydrogen-bond acceptors (Lipinski definition) is 3. The fourth-order valence-electron chi connectivity index (χ4n) is 2.20. The Morgan fingerprint density at radius 3 is 2.70 bits per heavy atom. The molecule has 0 radical (unpaired) electrons. The lowest BCUT2D eigenvalue weighted by Crippen LogP contribution is -2.25. The van der Waals surface area contributed by atoms with Gasteiger partial charge >= 0.3 is 0 Å². The van der Waals surface area contributed by atoms with E-state index in [1.807, 2.05) is 24.3 Å². The van der Waals surface area contributed by atoms with Crippen molar-refractivity contribution < 1.29 is 9.53 Å². The van der Waals surface area contributed by atoms with Crippen LogP contribution in [0.1, 0.15) is 11.1 Å². The molecule has 1 heterocycles. The third-order valence-electron chi connectivity index (χ3n) is 3.31. The molecule has 3 rings (SSSR count). The zero-order valence-electron chi connectivity index (χ0n) is 12.1. The van der Waals surface area contributed by atoms with Gasteiger partial charge in [-0.1, -0.05) is 41.4 Å². The summed E-state index contributed by atoms with van der Waals surface area (Å²) in [4.78, 5) is 16.5. The number of aliphatic imine (C=N–C) groups is 1. The summed E-state index contributed by atoms with van der Waals surface area (Å²) in [5, 5.41) is 3.73. The standard InChI is InChI=1S/C17H12Cl2N2O2/c1-23-15-5-3-2-4-12(15)16-20-14(17(22)21-16)8-10-6-7-11(18)9-13(10)19/h2-9H,1H3,(H,20,21,22)/b14-8-. The molecule has 1 amide bonds. The summed E-state index contributed by atoms with van der Waals surface area (Å²) >= 11 is 12.0. The molecule has 0 fully saturated rings. The minimum absolute atomic E-state index is 0.273. The molecule has 6 heteroatoms. The molecule has 1 aliphatic heterocycles. The number of carbonyl (C=O) groups is 1. The maximum absolute atomic E-state index is 12.1. The van der Waals surface area contributed by atoms with Crippen LogP contribution in [0.5, 0.6) is 5.75 Å². The van der Waals surface area contributed by atoms with Gasteiger partial charge in [-0.3, -0.25) is 4.79 Å². The van der Waals surface area contributed by atoms with Gasteiger partial charge < -0.3 is 10.1 Å². The molecular weight excluding hydrogens is 335 g/mol. The molecule has 0 saturated carbocycles. The molecule has 23 heavy (non-hydrogen) atoms. The summed E-state index contributed by atoms with van der Waals surface area (Å²) in [6.07, 6.45) is 1.62. The number of nitrogens with one attached hydrogen (secondary N) is 1. The van der Waals surface area contributed by atoms with Crippen LogP contribution in [0.15, 0.2) is 53.2 Å². The largest absolute Gasteiger partial charge is 0.496 e. The summed E-state index contributed by atoms with van der Waals surface area (Å²) in [6, 6.07) is 12.4. The molecule has 2 aromatic rings. The van der Waals surface area contributed by atoms with Gasteiger partial charge in [0.2, 0.25) is 0 Å². The highest BCUT2D eigenvalue weighted by molar-refractivity contribution is 6.35. The van der Waals surface area contributed by atoms with E-state index in [4.69, 9.17) is 27.9 Å². The van der Waals surface area contributed by atoms with E-state index in [-0.39, 0.29) is 11.6 Å². The Morgan fingerprint density at radius 2 is 1.96 bits per heavy atom. The normalized spacial score (nSPS) is 15.5. The van der Waals surface area contributed by atoms with E-state index in [0.717, 1.165) is 0 Å². The quantitative estimate of drug-likeness (QED) is 0.856. The molecule has 1 N–H and O–H groups in total. The smallest absolute Gasteiger partial charge is 0.275 e. The van der Waals surface area contributed by atoms with Crippen LogP contribution in [0.3, 0.4) is 0 Å². The van der Waals surface area contributed by atoms with Crippen LogP contribution in [-0.2, 0) is 4.79 Å². The number of benzene rings is 2. The first kappa shape index (κ1) is 15.6. The van der Waals surface area contributed by atoms with Gasteiger partial charge in [0.25, 0.3) is 5.91 Å². The number of methoxy groups -OCH3 is 1. The van der Waals surface area contributed by atoms with Crippen molar-refractivity contribution >= 4 is 41.0 Å². The van der Waals surface area contributed by atoms with Crippen LogP contribution in [0.25, 0.3) is 6.08 Å². The lowest BCUT2D eigenvalue weighted by atomic mass is 10.2. The highest BCUT2D eigenvalue weighted by atomic mass is 35.5. The number of amides is 1. The highest BCUT2D eigenvalue weighted by Crippen LogP contribution is 2.26. The zero-order chi connectivity index (χ0) is 16.4. The number of halogens is 2. The van der Waals surface area contributed by atoms with Crippen LogP contribution in [0, 0.1) is 0 Å². The molecular formula is C17H12Cl2N2O2. The Balaban J connectivity index is 2.00. The predicted molar refractivity (Wildman–Crippen MR) is 92.1 cm³/mol. The first-order chi connectivity index (χ1) is 11.1. The Kier molecular flexibility index (Phi) is 4.37. The Morgan fingerprint density at radius 1 is 1.17 bits per heavy atom. The minimum Gasteiger partial charge on any atom is -0.496 e. The van der Waals surface area contributed by atoms with Gasteiger partial charge in [0.05, 0.1) is 12.7 Å². The van der Waals surface area contributed by atoms with Gasteiger partial charge in [-0.05, 0) is 35.9 Å². The summed E-state index contributed by atoms with van der Waals surface area (Å²) in [5.41, 5.74) is 1.66. The molecule has 2 aromatic carbocycles. The Labute approximate surface area is 143 Å². The lowest BCUT2D eigenvalue weighted by Gasteiger charge is -2.06. The third-order valence-corrected chi connectivity index (χ3v) is 3.88. The number of nitrogens with zero attached hydrogens (tertiary/aromatic N) is 1. The van der Waals surface area contributed by atoms with Gasteiger partial charge in [-0.25, -0.2) is 4.99 Å². The second kappa shape index (κ2) is 6.44. The van der Waals surface area contributed by atoms with E-state index in [2.05, 4.69) is 10.3 Å². The second-order valence-electron chi connectivity index (χ2n) is 4.81. The fourth-order valence-corrected chi connectivity index (χ4v) is 2.67. The summed E-state index contributed by atoms with van der Waals surface area (Å²) in [6.45, 7) is 0. The van der Waals surface area contributed by atoms with Crippen molar-refractivity contribution in [1.82, 2.24) is 5.32 Å². The lowest BCUT2D eigenvalue weighted by molar-refractivity contribution is -0.115. The number of amidine groups is 1. The van der Waals surface area contributed by atoms with Crippen molar-refractivity contribution in [2.75, 3.05) is 7.11 Å². The molecule has 0 spiro atoms. The maximum Gasteiger partial charge on any atom is 0.275 e. The first-order valence-electron chi connectivity index (χ1n) is 6.78. The average molecular weight is 347 g/mol. The zero-order valence-corrected chi connectivity index (χ0v) is 13.7. The average Bonchev–Trinajstić information content (AvgIpc) is 2.91. The van der Waals surface area contributed by atoms with E-state index < -0.39 is 0 Å². The second-order valence-corrected chi connectivity index (χ2v) is 5.65. The van der Waals surface area contributed by atoms with Crippen LogP contribution < -0.4 is 10.1 Å². The van der Waals surface area contributed by atoms with Gasteiger partial charge in [-0.15, -0.1) is 0 Å². The van der Waals surface area contributed by atoms with Gasteiger partial charge in [0.15, 0.2) is 0 Å². The van der Waals surface area contributed by atoms with E-state index in [1.54, 1.807) is 31.4 Å². The number of carbonyl (C=O) groups excluding carboxylic acids is 1. The molecule has 0 aliphatic carbocycles. The molecule has 1 aliphatic rings. The molecule has 0 aromatic heterocycles. The third kappa shape index (κ3) is 3.23. The fraction of sp³-hybridized carbons (Fsp3) is 0.0588. The van der Waals surface area contributed by atoms with Crippen molar-refractivity contribution in [2.45, 2.75) is 0 Å². The van der Waals surface area contributed by atoms with Crippen molar-refractivity contribution in [3.05, 3.63) is 69.3 Å². The SMILES string of the molecule is COc1ccccc1C1=N/C(=C\c2ccc(Cl)cc2Cl)C(=O)N1. The van der Waals surface area contributed by atoms with E-state index in [9.17, 15) is 4.79 Å². The molecule has 116 valence electrons. The predicted octanol–water partition coefficient (Wildman–Crippen LogP) is 3.92. The summed E-state index contributed by atoms with van der Waals surface area (Å²) < 4.78 is 5.29. The molecule has 0 atom stereocenters. The first-order valence-corrected chi connectivity index (χ1v) is 7.54. The number of hydrogen-bond donors (Lipinski definition) is 1. The van der Waals surface area contributed by atoms with Crippen LogP contribution >= 0.6 is 23.2 Å². The van der Waals surface area contributed by atoms with Gasteiger partial charge in [-0.2, -0.15) is 0 Å². The van der Waals surface area contributed by atoms with Crippen molar-refractivity contribution in [3.63, 3.8) is 0 Å². The summed E-state index contributed by atoms with van der Waals surface area (Å²) in [5.74, 6) is 0.790. The Hall–Kier alpha value is -2.30. The monoisotopic (exact) mass is 346 g/mol. The number of ether oxygens (including phenoxy) is 1. The Bertz CT molecular complexity index is 844. The molecule has 0 saturated heterocycles. The number of rotatable bonds is 3. The van der Waals surface area contributed by atoms with E-state index in [0.29, 0.717) is 32.8 Å². The summed E-state index contributed by atoms with van der Waals surface area (Å²) in [7, 11) is 1.57. The minimum atomic E-state index is -0.295. The molecule has 0 bridgehead atoms. The molecule has 4 nitrogen and oxygen atoms in total. The van der Waals surface area contributed by atoms with Crippen LogP contribution in [-0.4, -0.2) is 18.9 Å². The van der Waals surface area contributed by atoms with E-state index >= 15 is 0 Å². The topological polar surface area (TPSA) is 50.7 Å². The van der Waals surface area contributed by atoms with Crippen LogP contribution in [0.4, 0.5) is 0 Å². The maximum atomic E-state index is 12.1. The number of para-hydroxylation sites is 1. The van der Waals surface area contributed by atoms with Crippen molar-refractivity contribution in [3.8, 4) is 5.75 Å². The van der Waals surface area contributed by atoms with E-state index in [1.165, 1.54) is 0 Å². The van der Waals surface area contributed by atoms with Crippen molar-refractivity contribution in [1.29, 1.82) is 0 Å². The van der Waals surface area contributed by atoms with Gasteiger partial charge in [0.1, 0.15) is 17.3 Å².